The van der Waals surface area contributed by atoms with E-state index in [0.29, 0.717) is 29.1 Å². The van der Waals surface area contributed by atoms with E-state index in [-0.39, 0.29) is 16.9 Å². The second-order valence-corrected chi connectivity index (χ2v) is 10.8. The van der Waals surface area contributed by atoms with Gasteiger partial charge in [0.05, 0.1) is 30.8 Å². The van der Waals surface area contributed by atoms with Crippen molar-refractivity contribution >= 4 is 17.1 Å². The Kier molecular flexibility index (Phi) is 7.48. The Morgan fingerprint density at radius 2 is 1.73 bits per heavy atom. The first-order chi connectivity index (χ1) is 17.6. The Morgan fingerprint density at radius 1 is 1.03 bits per heavy atom. The molecule has 0 amide bonds. The monoisotopic (exact) mass is 497 g/mol. The number of benzene rings is 3. The number of aryl methyl sites for hydroxylation is 1. The molecule has 1 aromatic heterocycles. The van der Waals surface area contributed by atoms with Crippen LogP contribution in [0.25, 0.3) is 22.3 Å². The van der Waals surface area contributed by atoms with E-state index in [1.807, 2.05) is 55.5 Å². The number of ether oxygens (including phenoxy) is 2. The van der Waals surface area contributed by atoms with Crippen LogP contribution in [0.15, 0.2) is 70.6 Å². The minimum atomic E-state index is -0.230. The van der Waals surface area contributed by atoms with Gasteiger partial charge in [-0.3, -0.25) is 4.79 Å². The summed E-state index contributed by atoms with van der Waals surface area (Å²) in [7, 11) is 1.67. The second-order valence-electron chi connectivity index (χ2n) is 10.8. The van der Waals surface area contributed by atoms with E-state index in [1.165, 1.54) is 4.68 Å². The molecule has 37 heavy (non-hydrogen) atoms. The van der Waals surface area contributed by atoms with Gasteiger partial charge < -0.3 is 9.47 Å². The molecule has 0 fully saturated rings. The zero-order valence-electron chi connectivity index (χ0n) is 22.7. The molecule has 4 rings (SSSR count). The molecule has 6 nitrogen and oxygen atoms in total. The van der Waals surface area contributed by atoms with E-state index in [1.54, 1.807) is 19.4 Å². The maximum Gasteiger partial charge on any atom is 0.282 e. The summed E-state index contributed by atoms with van der Waals surface area (Å²) in [5.74, 6) is 2.24. The molecule has 0 aliphatic carbocycles. The van der Waals surface area contributed by atoms with Crippen molar-refractivity contribution in [1.82, 2.24) is 9.66 Å². The molecule has 4 aromatic rings. The van der Waals surface area contributed by atoms with Crippen LogP contribution in [0.3, 0.4) is 0 Å². The van der Waals surface area contributed by atoms with Gasteiger partial charge in [-0.1, -0.05) is 58.9 Å². The summed E-state index contributed by atoms with van der Waals surface area (Å²) in [6, 6.07) is 19.1. The Balaban J connectivity index is 1.91. The molecule has 6 heteroatoms. The molecule has 0 radical (unpaired) electrons. The van der Waals surface area contributed by atoms with Crippen LogP contribution in [0.5, 0.6) is 11.5 Å². The number of para-hydroxylation sites is 2. The van der Waals surface area contributed by atoms with Crippen molar-refractivity contribution < 1.29 is 9.47 Å². The van der Waals surface area contributed by atoms with E-state index in [0.717, 1.165) is 28.0 Å². The van der Waals surface area contributed by atoms with Gasteiger partial charge in [-0.2, -0.15) is 9.78 Å². The molecule has 1 heterocycles. The Bertz CT molecular complexity index is 1510. The fourth-order valence-electron chi connectivity index (χ4n) is 4.11. The van der Waals surface area contributed by atoms with Gasteiger partial charge in [-0.25, -0.2) is 4.98 Å². The highest BCUT2D eigenvalue weighted by Gasteiger charge is 2.18. The van der Waals surface area contributed by atoms with Crippen molar-refractivity contribution in [3.63, 3.8) is 0 Å². The van der Waals surface area contributed by atoms with Crippen LogP contribution in [-0.4, -0.2) is 29.6 Å². The van der Waals surface area contributed by atoms with E-state index >= 15 is 0 Å². The summed E-state index contributed by atoms with van der Waals surface area (Å²) in [5.41, 5.74) is 4.02. The average Bonchev–Trinajstić information content (AvgIpc) is 2.86. The predicted octanol–water partition coefficient (Wildman–Crippen LogP) is 6.81. The number of hydrogen-bond acceptors (Lipinski definition) is 5. The molecule has 0 aliphatic heterocycles. The summed E-state index contributed by atoms with van der Waals surface area (Å²) in [6.45, 7) is 13.2. The van der Waals surface area contributed by atoms with Gasteiger partial charge in [-0.15, -0.1) is 0 Å². The predicted molar refractivity (Wildman–Crippen MR) is 151 cm³/mol. The van der Waals surface area contributed by atoms with Crippen LogP contribution < -0.4 is 15.0 Å². The first-order valence-corrected chi connectivity index (χ1v) is 12.6. The number of nitrogens with zero attached hydrogens (tertiary/aromatic N) is 3. The van der Waals surface area contributed by atoms with Crippen LogP contribution in [0.4, 0.5) is 0 Å². The summed E-state index contributed by atoms with van der Waals surface area (Å²) in [5, 5.41) is 5.18. The number of aromatic nitrogens is 2. The molecule has 0 aliphatic rings. The Labute approximate surface area is 218 Å². The normalized spacial score (nSPS) is 12.0. The van der Waals surface area contributed by atoms with Crippen molar-refractivity contribution in [2.75, 3.05) is 13.7 Å². The molecule has 0 saturated heterocycles. The van der Waals surface area contributed by atoms with Gasteiger partial charge in [0.15, 0.2) is 5.82 Å². The highest BCUT2D eigenvalue weighted by atomic mass is 16.5. The first kappa shape index (κ1) is 26.1. The molecule has 0 saturated carbocycles. The fourth-order valence-corrected chi connectivity index (χ4v) is 4.11. The minimum absolute atomic E-state index is 0.0106. The molecule has 0 bridgehead atoms. The van der Waals surface area contributed by atoms with Crippen LogP contribution in [0, 0.1) is 12.3 Å². The van der Waals surface area contributed by atoms with Gasteiger partial charge in [0, 0.05) is 11.1 Å². The van der Waals surface area contributed by atoms with Crippen molar-refractivity contribution in [1.29, 1.82) is 0 Å². The van der Waals surface area contributed by atoms with Gasteiger partial charge in [0.2, 0.25) is 0 Å². The molecule has 0 unspecified atom stereocenters. The molecular formula is C31H35N3O3. The highest BCUT2D eigenvalue weighted by molar-refractivity contribution is 5.84. The minimum Gasteiger partial charge on any atom is -0.496 e. The number of rotatable bonds is 7. The SMILES string of the molecule is COc1cc(C)c(-c2nc3ccccc3c(=O)n2N=Cc2ccccc2OCC(C)(C)C)cc1C(C)C. The average molecular weight is 498 g/mol. The molecular weight excluding hydrogens is 462 g/mol. The lowest BCUT2D eigenvalue weighted by Crippen LogP contribution is -2.21. The van der Waals surface area contributed by atoms with Crippen molar-refractivity contribution in [2.24, 2.45) is 10.5 Å². The largest absolute Gasteiger partial charge is 0.496 e. The smallest absolute Gasteiger partial charge is 0.282 e. The van der Waals surface area contributed by atoms with E-state index in [4.69, 9.17) is 14.5 Å². The highest BCUT2D eigenvalue weighted by Crippen LogP contribution is 2.34. The fraction of sp³-hybridized carbons (Fsp3) is 0.323. The van der Waals surface area contributed by atoms with Crippen LogP contribution >= 0.6 is 0 Å². The van der Waals surface area contributed by atoms with E-state index in [2.05, 4.69) is 45.8 Å². The lowest BCUT2D eigenvalue weighted by molar-refractivity contribution is 0.197. The van der Waals surface area contributed by atoms with Gasteiger partial charge in [-0.05, 0) is 65.8 Å². The topological polar surface area (TPSA) is 65.7 Å². The number of methoxy groups -OCH3 is 1. The number of fused-ring (bicyclic) bond motifs is 1. The van der Waals surface area contributed by atoms with Crippen LogP contribution in [0.2, 0.25) is 0 Å². The summed E-state index contributed by atoms with van der Waals surface area (Å²) in [4.78, 5) is 18.6. The van der Waals surface area contributed by atoms with Crippen molar-refractivity contribution in [3.05, 3.63) is 87.7 Å². The maximum absolute atomic E-state index is 13.7. The first-order valence-electron chi connectivity index (χ1n) is 12.6. The Morgan fingerprint density at radius 3 is 2.43 bits per heavy atom. The van der Waals surface area contributed by atoms with E-state index < -0.39 is 0 Å². The zero-order chi connectivity index (χ0) is 26.7. The van der Waals surface area contributed by atoms with E-state index in [9.17, 15) is 4.79 Å². The summed E-state index contributed by atoms with van der Waals surface area (Å²) < 4.78 is 13.1. The second kappa shape index (κ2) is 10.6. The zero-order valence-corrected chi connectivity index (χ0v) is 22.7. The molecule has 0 N–H and O–H groups in total. The van der Waals surface area contributed by atoms with Crippen molar-refractivity contribution in [2.45, 2.75) is 47.5 Å². The molecule has 192 valence electrons. The number of hydrogen-bond donors (Lipinski definition) is 0. The van der Waals surface area contributed by atoms with Gasteiger partial charge in [0.1, 0.15) is 11.5 Å². The third-order valence-corrected chi connectivity index (χ3v) is 6.09. The lowest BCUT2D eigenvalue weighted by atomic mass is 9.96. The summed E-state index contributed by atoms with van der Waals surface area (Å²) in [6.07, 6.45) is 1.67. The molecule has 0 spiro atoms. The standard InChI is InChI=1S/C31H35N3O3/c1-20(2)24-17-25(21(3)16-28(24)36-7)29-33-26-14-10-9-13-23(26)30(35)34(29)32-18-22-12-8-11-15-27(22)37-19-31(4,5)6/h8-18,20H,19H2,1-7H3. The third kappa shape index (κ3) is 5.74. The van der Waals surface area contributed by atoms with Gasteiger partial charge >= 0.3 is 0 Å². The lowest BCUT2D eigenvalue weighted by Gasteiger charge is -2.19. The van der Waals surface area contributed by atoms with Crippen LogP contribution in [0.1, 0.15) is 57.2 Å². The maximum atomic E-state index is 13.7. The Hall–Kier alpha value is -3.93. The summed E-state index contributed by atoms with van der Waals surface area (Å²) >= 11 is 0. The van der Waals surface area contributed by atoms with Crippen LogP contribution in [-0.2, 0) is 0 Å². The molecule has 0 atom stereocenters. The quantitative estimate of drug-likeness (QED) is 0.263. The van der Waals surface area contributed by atoms with Crippen molar-refractivity contribution in [3.8, 4) is 22.9 Å². The molecule has 3 aromatic carbocycles. The van der Waals surface area contributed by atoms with Gasteiger partial charge in [0.25, 0.3) is 5.56 Å². The third-order valence-electron chi connectivity index (χ3n) is 6.09.